The smallest absolute Gasteiger partial charge is 0.103 e. The molecule has 0 saturated heterocycles. The number of rotatable bonds is 4. The van der Waals surface area contributed by atoms with E-state index in [0.29, 0.717) is 0 Å². The van der Waals surface area contributed by atoms with E-state index in [9.17, 15) is 0 Å². The summed E-state index contributed by atoms with van der Waals surface area (Å²) in [7, 11) is 0. The van der Waals surface area contributed by atoms with E-state index in [2.05, 4.69) is 48.5 Å². The molecule has 160 valence electrons. The van der Waals surface area contributed by atoms with Gasteiger partial charge < -0.3 is 0 Å². The lowest BCUT2D eigenvalue weighted by Gasteiger charge is -2.16. The van der Waals surface area contributed by atoms with Gasteiger partial charge in [0.1, 0.15) is 22.8 Å². The Morgan fingerprint density at radius 2 is 0.471 bits per heavy atom. The van der Waals surface area contributed by atoms with Gasteiger partial charge in [-0.25, -0.2) is 0 Å². The minimum Gasteiger partial charge on any atom is -0.149 e. The van der Waals surface area contributed by atoms with Crippen molar-refractivity contribution in [3.63, 3.8) is 0 Å². The molecule has 0 amide bonds. The van der Waals surface area contributed by atoms with Crippen LogP contribution in [0.25, 0.3) is 55.8 Å². The Kier molecular flexibility index (Phi) is 5.09. The van der Waals surface area contributed by atoms with E-state index in [1.165, 1.54) is 0 Å². The molecule has 0 saturated carbocycles. The molecular weight excluding hydrogens is 416 g/mol. The molecular formula is C30H20N4. The fourth-order valence-corrected chi connectivity index (χ4v) is 4.29. The average molecular weight is 437 g/mol. The van der Waals surface area contributed by atoms with Crippen LogP contribution in [0.4, 0.5) is 0 Å². The summed E-state index contributed by atoms with van der Waals surface area (Å²) in [4.78, 5) is 0. The third-order valence-corrected chi connectivity index (χ3v) is 5.89. The lowest BCUT2D eigenvalue weighted by Crippen LogP contribution is -2.02. The molecule has 0 unspecified atom stereocenters. The first-order chi connectivity index (χ1) is 16.9. The van der Waals surface area contributed by atoms with Crippen LogP contribution in [0.2, 0.25) is 0 Å². The number of hydrogen-bond donors (Lipinski definition) is 0. The monoisotopic (exact) mass is 436 g/mol. The van der Waals surface area contributed by atoms with Crippen LogP contribution < -0.4 is 0 Å². The average Bonchev–Trinajstić information content (AvgIpc) is 2.94. The molecule has 4 nitrogen and oxygen atoms in total. The van der Waals surface area contributed by atoms with Crippen LogP contribution in [0.3, 0.4) is 0 Å². The standard InChI is InChI=1S/C30H20N4/c1-5-13-21(14-6-1)27-25-26(29(32-31-27)23-17-9-3-10-18-23)30(24-19-11-4-12-20-24)34-33-28(25)22-15-7-2-8-16-22/h1-20H. The summed E-state index contributed by atoms with van der Waals surface area (Å²) in [5.41, 5.74) is 7.13. The molecule has 0 aliphatic rings. The third kappa shape index (κ3) is 3.51. The molecule has 4 heteroatoms. The normalized spacial score (nSPS) is 10.9. The number of benzene rings is 4. The molecule has 0 fully saturated rings. The van der Waals surface area contributed by atoms with E-state index in [1.54, 1.807) is 0 Å². The van der Waals surface area contributed by atoms with Gasteiger partial charge >= 0.3 is 0 Å². The van der Waals surface area contributed by atoms with Gasteiger partial charge in [-0.15, -0.1) is 20.4 Å². The second-order valence-electron chi connectivity index (χ2n) is 8.01. The summed E-state index contributed by atoms with van der Waals surface area (Å²) in [5, 5.41) is 20.9. The molecule has 6 aromatic rings. The second kappa shape index (κ2) is 8.68. The van der Waals surface area contributed by atoms with Crippen LogP contribution in [-0.2, 0) is 0 Å². The first-order valence-corrected chi connectivity index (χ1v) is 11.2. The van der Waals surface area contributed by atoms with Crippen molar-refractivity contribution in [3.8, 4) is 45.0 Å². The Balaban J connectivity index is 1.80. The minimum absolute atomic E-state index is 0.793. The van der Waals surface area contributed by atoms with Crippen molar-refractivity contribution in [1.29, 1.82) is 0 Å². The maximum Gasteiger partial charge on any atom is 0.103 e. The van der Waals surface area contributed by atoms with Gasteiger partial charge in [0.15, 0.2) is 0 Å². The molecule has 0 aliphatic heterocycles. The van der Waals surface area contributed by atoms with Crippen LogP contribution in [0.5, 0.6) is 0 Å². The highest BCUT2D eigenvalue weighted by molar-refractivity contribution is 6.13. The maximum atomic E-state index is 4.76. The molecule has 0 aliphatic carbocycles. The Hall–Kier alpha value is -4.70. The molecule has 6 rings (SSSR count). The molecule has 2 aromatic heterocycles. The van der Waals surface area contributed by atoms with Crippen molar-refractivity contribution in [2.75, 3.05) is 0 Å². The number of fused-ring (bicyclic) bond motifs is 1. The quantitative estimate of drug-likeness (QED) is 0.296. The summed E-state index contributed by atoms with van der Waals surface area (Å²) >= 11 is 0. The van der Waals surface area contributed by atoms with Crippen molar-refractivity contribution < 1.29 is 0 Å². The van der Waals surface area contributed by atoms with Crippen molar-refractivity contribution in [1.82, 2.24) is 20.4 Å². The van der Waals surface area contributed by atoms with Crippen molar-refractivity contribution in [2.24, 2.45) is 0 Å². The molecule has 0 N–H and O–H groups in total. The Labute approximate surface area is 197 Å². The van der Waals surface area contributed by atoms with E-state index in [4.69, 9.17) is 20.4 Å². The maximum absolute atomic E-state index is 4.76. The van der Waals surface area contributed by atoms with Crippen LogP contribution in [-0.4, -0.2) is 20.4 Å². The Morgan fingerprint density at radius 3 is 0.676 bits per heavy atom. The summed E-state index contributed by atoms with van der Waals surface area (Å²) in [5.74, 6) is 0. The predicted octanol–water partition coefficient (Wildman–Crippen LogP) is 7.09. The summed E-state index contributed by atoms with van der Waals surface area (Å²) in [6.07, 6.45) is 0. The van der Waals surface area contributed by atoms with Gasteiger partial charge in [0.05, 0.1) is 0 Å². The fraction of sp³-hybridized carbons (Fsp3) is 0. The third-order valence-electron chi connectivity index (χ3n) is 5.89. The van der Waals surface area contributed by atoms with E-state index in [1.807, 2.05) is 72.8 Å². The highest BCUT2D eigenvalue weighted by atomic mass is 15.1. The zero-order chi connectivity index (χ0) is 22.7. The van der Waals surface area contributed by atoms with Crippen molar-refractivity contribution >= 4 is 10.8 Å². The Bertz CT molecular complexity index is 1330. The summed E-state index contributed by atoms with van der Waals surface area (Å²) < 4.78 is 0. The fourth-order valence-electron chi connectivity index (χ4n) is 4.29. The molecule has 0 radical (unpaired) electrons. The predicted molar refractivity (Wildman–Crippen MR) is 137 cm³/mol. The van der Waals surface area contributed by atoms with Gasteiger partial charge in [0, 0.05) is 33.0 Å². The van der Waals surface area contributed by atoms with E-state index >= 15 is 0 Å². The van der Waals surface area contributed by atoms with E-state index in [0.717, 1.165) is 55.8 Å². The molecule has 2 heterocycles. The van der Waals surface area contributed by atoms with Gasteiger partial charge in [0.25, 0.3) is 0 Å². The molecule has 0 atom stereocenters. The summed E-state index contributed by atoms with van der Waals surface area (Å²) in [6.45, 7) is 0. The van der Waals surface area contributed by atoms with Gasteiger partial charge in [-0.1, -0.05) is 121 Å². The highest BCUT2D eigenvalue weighted by Crippen LogP contribution is 2.41. The largest absolute Gasteiger partial charge is 0.149 e. The van der Waals surface area contributed by atoms with Crippen molar-refractivity contribution in [2.45, 2.75) is 0 Å². The molecule has 4 aromatic carbocycles. The van der Waals surface area contributed by atoms with Gasteiger partial charge in [-0.3, -0.25) is 0 Å². The van der Waals surface area contributed by atoms with Gasteiger partial charge in [-0.2, -0.15) is 0 Å². The highest BCUT2D eigenvalue weighted by Gasteiger charge is 2.22. The molecule has 0 spiro atoms. The zero-order valence-corrected chi connectivity index (χ0v) is 18.3. The topological polar surface area (TPSA) is 51.6 Å². The van der Waals surface area contributed by atoms with Crippen molar-refractivity contribution in [3.05, 3.63) is 121 Å². The SMILES string of the molecule is c1ccc(-c2nnc(-c3ccccc3)c3c(-c4ccccc4)nnc(-c4ccccc4)c23)cc1. The zero-order valence-electron chi connectivity index (χ0n) is 18.3. The van der Waals surface area contributed by atoms with E-state index < -0.39 is 0 Å². The van der Waals surface area contributed by atoms with Gasteiger partial charge in [0.2, 0.25) is 0 Å². The van der Waals surface area contributed by atoms with Crippen LogP contribution in [0.15, 0.2) is 121 Å². The van der Waals surface area contributed by atoms with Crippen LogP contribution in [0.1, 0.15) is 0 Å². The Morgan fingerprint density at radius 1 is 0.265 bits per heavy atom. The lowest BCUT2D eigenvalue weighted by molar-refractivity contribution is 1.03. The number of hydrogen-bond acceptors (Lipinski definition) is 4. The van der Waals surface area contributed by atoms with E-state index in [-0.39, 0.29) is 0 Å². The first-order valence-electron chi connectivity index (χ1n) is 11.2. The number of aromatic nitrogens is 4. The van der Waals surface area contributed by atoms with Crippen LogP contribution >= 0.6 is 0 Å². The molecule has 34 heavy (non-hydrogen) atoms. The van der Waals surface area contributed by atoms with Gasteiger partial charge in [-0.05, 0) is 0 Å². The second-order valence-corrected chi connectivity index (χ2v) is 8.01. The molecule has 0 bridgehead atoms. The number of nitrogens with zero attached hydrogens (tertiary/aromatic N) is 4. The van der Waals surface area contributed by atoms with Crippen LogP contribution in [0, 0.1) is 0 Å². The minimum atomic E-state index is 0.793. The summed E-state index contributed by atoms with van der Waals surface area (Å²) in [6, 6.07) is 40.6. The first kappa shape index (κ1) is 19.9. The lowest BCUT2D eigenvalue weighted by atomic mass is 9.94.